The van der Waals surface area contributed by atoms with Crippen LogP contribution in [-0.4, -0.2) is 19.0 Å². The van der Waals surface area contributed by atoms with Gasteiger partial charge in [-0.2, -0.15) is 0 Å². The third kappa shape index (κ3) is 3.48. The molecule has 0 aromatic heterocycles. The Balaban J connectivity index is 2.54. The van der Waals surface area contributed by atoms with Gasteiger partial charge in [-0.15, -0.1) is 0 Å². The molecule has 0 heterocycles. The van der Waals surface area contributed by atoms with Crippen LogP contribution in [-0.2, 0) is 9.53 Å². The van der Waals surface area contributed by atoms with E-state index in [-0.39, 0.29) is 5.91 Å². The van der Waals surface area contributed by atoms with Crippen LogP contribution in [0.4, 0.5) is 5.69 Å². The summed E-state index contributed by atoms with van der Waals surface area (Å²) in [5, 5.41) is 2.67. The van der Waals surface area contributed by atoms with E-state index in [1.165, 1.54) is 14.0 Å². The fraction of sp³-hybridized carbons (Fsp3) is 0.176. The van der Waals surface area contributed by atoms with Crippen LogP contribution in [0.5, 0.6) is 0 Å². The fourth-order valence-electron chi connectivity index (χ4n) is 2.17. The number of benzene rings is 2. The Bertz CT molecular complexity index is 692. The van der Waals surface area contributed by atoms with Crippen molar-refractivity contribution in [1.82, 2.24) is 0 Å². The maximum absolute atomic E-state index is 12.0. The summed E-state index contributed by atoms with van der Waals surface area (Å²) in [6.07, 6.45) is 0. The van der Waals surface area contributed by atoms with Gasteiger partial charge in [-0.3, -0.25) is 4.79 Å². The van der Waals surface area contributed by atoms with Gasteiger partial charge in [-0.25, -0.2) is 4.79 Å². The number of carbonyl (C=O) groups excluding carboxylic acids is 2. The first-order chi connectivity index (χ1) is 10.0. The van der Waals surface area contributed by atoms with Crippen LogP contribution >= 0.6 is 0 Å². The molecule has 0 radical (unpaired) electrons. The fourth-order valence-corrected chi connectivity index (χ4v) is 2.17. The number of esters is 1. The highest BCUT2D eigenvalue weighted by Crippen LogP contribution is 2.28. The average Bonchev–Trinajstić information content (AvgIpc) is 2.45. The predicted molar refractivity (Wildman–Crippen MR) is 82.3 cm³/mol. The Morgan fingerprint density at radius 1 is 1.10 bits per heavy atom. The highest BCUT2D eigenvalue weighted by molar-refractivity contribution is 5.99. The van der Waals surface area contributed by atoms with Crippen LogP contribution in [0.3, 0.4) is 0 Å². The van der Waals surface area contributed by atoms with Crippen LogP contribution in [0.2, 0.25) is 0 Å². The molecule has 0 atom stereocenters. The van der Waals surface area contributed by atoms with E-state index >= 15 is 0 Å². The summed E-state index contributed by atoms with van der Waals surface area (Å²) in [6, 6.07) is 13.1. The first-order valence-electron chi connectivity index (χ1n) is 6.58. The number of carbonyl (C=O) groups is 2. The summed E-state index contributed by atoms with van der Waals surface area (Å²) < 4.78 is 4.84. The molecule has 0 aliphatic heterocycles. The predicted octanol–water partition coefficient (Wildman–Crippen LogP) is 3.41. The first kappa shape index (κ1) is 14.8. The minimum absolute atomic E-state index is 0.186. The van der Waals surface area contributed by atoms with Gasteiger partial charge in [-0.1, -0.05) is 35.9 Å². The van der Waals surface area contributed by atoms with Crippen molar-refractivity contribution >= 4 is 17.6 Å². The summed E-state index contributed by atoms with van der Waals surface area (Å²) in [5.74, 6) is -0.618. The monoisotopic (exact) mass is 283 g/mol. The highest BCUT2D eigenvalue weighted by atomic mass is 16.5. The highest BCUT2D eigenvalue weighted by Gasteiger charge is 2.14. The van der Waals surface area contributed by atoms with Crippen molar-refractivity contribution in [2.75, 3.05) is 12.4 Å². The van der Waals surface area contributed by atoms with Gasteiger partial charge in [0.2, 0.25) is 5.91 Å². The zero-order valence-corrected chi connectivity index (χ0v) is 12.3. The molecule has 108 valence electrons. The van der Waals surface area contributed by atoms with Crippen molar-refractivity contribution in [2.45, 2.75) is 13.8 Å². The molecule has 2 aromatic carbocycles. The summed E-state index contributed by atoms with van der Waals surface area (Å²) in [6.45, 7) is 3.42. The number of hydrogen-bond donors (Lipinski definition) is 1. The van der Waals surface area contributed by atoms with Gasteiger partial charge in [0.15, 0.2) is 0 Å². The maximum Gasteiger partial charge on any atom is 0.338 e. The summed E-state index contributed by atoms with van der Waals surface area (Å²) in [7, 11) is 1.34. The third-order valence-corrected chi connectivity index (χ3v) is 3.07. The van der Waals surface area contributed by atoms with E-state index in [9.17, 15) is 9.59 Å². The van der Waals surface area contributed by atoms with Crippen LogP contribution in [0, 0.1) is 6.92 Å². The molecule has 0 fully saturated rings. The molecule has 1 amide bonds. The van der Waals surface area contributed by atoms with E-state index in [1.54, 1.807) is 12.1 Å². The van der Waals surface area contributed by atoms with E-state index in [0.29, 0.717) is 11.3 Å². The van der Waals surface area contributed by atoms with E-state index < -0.39 is 5.97 Å². The smallest absolute Gasteiger partial charge is 0.338 e. The van der Waals surface area contributed by atoms with Gasteiger partial charge in [0.05, 0.1) is 12.7 Å². The van der Waals surface area contributed by atoms with Gasteiger partial charge in [0.25, 0.3) is 0 Å². The Kier molecular flexibility index (Phi) is 4.38. The second kappa shape index (κ2) is 6.22. The minimum Gasteiger partial charge on any atom is -0.465 e. The number of ether oxygens (including phenoxy) is 1. The molecule has 4 heteroatoms. The Morgan fingerprint density at radius 3 is 2.48 bits per heavy atom. The second-order valence-electron chi connectivity index (χ2n) is 4.80. The molecule has 21 heavy (non-hydrogen) atoms. The molecule has 2 rings (SSSR count). The van der Waals surface area contributed by atoms with Crippen molar-refractivity contribution in [2.24, 2.45) is 0 Å². The molecule has 2 aromatic rings. The quantitative estimate of drug-likeness (QED) is 0.878. The number of methoxy groups -OCH3 is 1. The Morgan fingerprint density at radius 2 is 1.86 bits per heavy atom. The van der Waals surface area contributed by atoms with Crippen LogP contribution in [0.25, 0.3) is 11.1 Å². The van der Waals surface area contributed by atoms with Gasteiger partial charge < -0.3 is 10.1 Å². The number of anilines is 1. The zero-order chi connectivity index (χ0) is 15.4. The minimum atomic E-state index is -0.432. The normalized spacial score (nSPS) is 10.0. The topological polar surface area (TPSA) is 55.4 Å². The summed E-state index contributed by atoms with van der Waals surface area (Å²) >= 11 is 0. The molecule has 0 spiro atoms. The molecule has 0 aliphatic carbocycles. The Hall–Kier alpha value is -2.62. The zero-order valence-electron chi connectivity index (χ0n) is 12.3. The molecule has 4 nitrogen and oxygen atoms in total. The van der Waals surface area contributed by atoms with E-state index in [2.05, 4.69) is 5.32 Å². The number of rotatable bonds is 3. The van der Waals surface area contributed by atoms with Gasteiger partial charge >= 0.3 is 5.97 Å². The van der Waals surface area contributed by atoms with Crippen molar-refractivity contribution in [3.05, 3.63) is 53.6 Å². The number of aryl methyl sites for hydroxylation is 1. The number of nitrogens with one attached hydrogen (secondary N) is 1. The average molecular weight is 283 g/mol. The molecule has 0 aliphatic rings. The van der Waals surface area contributed by atoms with Crippen LogP contribution < -0.4 is 5.32 Å². The molecule has 0 saturated heterocycles. The molecule has 1 N–H and O–H groups in total. The lowest BCUT2D eigenvalue weighted by molar-refractivity contribution is -0.114. The molecular formula is C17H17NO3. The van der Waals surface area contributed by atoms with Gasteiger partial charge in [0.1, 0.15) is 0 Å². The molecule has 0 saturated carbocycles. The maximum atomic E-state index is 12.0. The third-order valence-electron chi connectivity index (χ3n) is 3.07. The van der Waals surface area contributed by atoms with E-state index in [1.807, 2.05) is 37.3 Å². The van der Waals surface area contributed by atoms with Gasteiger partial charge in [0, 0.05) is 12.6 Å². The standard InChI is InChI=1S/C17H17NO3/c1-11-5-4-6-13(9-11)15-8-7-14(18-12(2)19)10-16(15)17(20)21-3/h4-10H,1-3H3,(H,18,19). The van der Waals surface area contributed by atoms with Crippen molar-refractivity contribution in [1.29, 1.82) is 0 Å². The lowest BCUT2D eigenvalue weighted by Crippen LogP contribution is -2.09. The largest absolute Gasteiger partial charge is 0.465 e. The summed E-state index contributed by atoms with van der Waals surface area (Å²) in [4.78, 5) is 23.1. The number of hydrogen-bond acceptors (Lipinski definition) is 3. The van der Waals surface area contributed by atoms with Crippen molar-refractivity contribution in [3.8, 4) is 11.1 Å². The lowest BCUT2D eigenvalue weighted by Gasteiger charge is -2.11. The molecule has 0 bridgehead atoms. The van der Waals surface area contributed by atoms with Crippen LogP contribution in [0.1, 0.15) is 22.8 Å². The SMILES string of the molecule is COC(=O)c1cc(NC(C)=O)ccc1-c1cccc(C)c1. The summed E-state index contributed by atoms with van der Waals surface area (Å²) in [5.41, 5.74) is 3.81. The van der Waals surface area contributed by atoms with Crippen molar-refractivity contribution < 1.29 is 14.3 Å². The number of amides is 1. The van der Waals surface area contributed by atoms with E-state index in [4.69, 9.17) is 4.74 Å². The van der Waals surface area contributed by atoms with Crippen molar-refractivity contribution in [3.63, 3.8) is 0 Å². The van der Waals surface area contributed by atoms with Gasteiger partial charge in [-0.05, 0) is 30.2 Å². The molecule has 0 unspecified atom stereocenters. The van der Waals surface area contributed by atoms with Crippen LogP contribution in [0.15, 0.2) is 42.5 Å². The first-order valence-corrected chi connectivity index (χ1v) is 6.58. The Labute approximate surface area is 123 Å². The lowest BCUT2D eigenvalue weighted by atomic mass is 9.97. The molecular weight excluding hydrogens is 266 g/mol. The van der Waals surface area contributed by atoms with E-state index in [0.717, 1.165) is 16.7 Å². The second-order valence-corrected chi connectivity index (χ2v) is 4.80.